The number of aromatic nitrogens is 3. The van der Waals surface area contributed by atoms with Gasteiger partial charge in [-0.25, -0.2) is 4.98 Å². The van der Waals surface area contributed by atoms with Gasteiger partial charge in [-0.3, -0.25) is 9.59 Å². The monoisotopic (exact) mass is 472 g/mol. The van der Waals surface area contributed by atoms with E-state index in [9.17, 15) is 9.59 Å². The van der Waals surface area contributed by atoms with Gasteiger partial charge in [-0.1, -0.05) is 65.8 Å². The fourth-order valence-electron chi connectivity index (χ4n) is 3.64. The summed E-state index contributed by atoms with van der Waals surface area (Å²) in [6.45, 7) is 2.94. The van der Waals surface area contributed by atoms with Gasteiger partial charge in [-0.15, -0.1) is 0 Å². The Morgan fingerprint density at radius 1 is 0.971 bits per heavy atom. The number of carbonyl (C=O) groups excluding carboxylic acids is 2. The Balaban J connectivity index is 1.59. The predicted octanol–water partition coefficient (Wildman–Crippen LogP) is 4.07. The molecule has 1 N–H and O–H groups in total. The van der Waals surface area contributed by atoms with Crippen molar-refractivity contribution in [2.75, 3.05) is 7.11 Å². The van der Waals surface area contributed by atoms with Crippen LogP contribution in [-0.4, -0.2) is 34.1 Å². The molecule has 2 aromatic carbocycles. The summed E-state index contributed by atoms with van der Waals surface area (Å²) in [6.07, 6.45) is 1.39. The Kier molecular flexibility index (Phi) is 7.15. The van der Waals surface area contributed by atoms with Crippen molar-refractivity contribution in [2.24, 2.45) is 0 Å². The van der Waals surface area contributed by atoms with Crippen LogP contribution in [0.15, 0.2) is 77.4 Å². The van der Waals surface area contributed by atoms with Crippen LogP contribution in [0.25, 0.3) is 0 Å². The van der Waals surface area contributed by atoms with Crippen molar-refractivity contribution < 1.29 is 23.6 Å². The summed E-state index contributed by atoms with van der Waals surface area (Å²) < 4.78 is 15.9. The van der Waals surface area contributed by atoms with E-state index in [1.807, 2.05) is 60.7 Å². The molecule has 2 heterocycles. The summed E-state index contributed by atoms with van der Waals surface area (Å²) in [5.74, 6) is -0.592. The molecular formula is C26H24N4O5. The van der Waals surface area contributed by atoms with Crippen LogP contribution in [0, 0.1) is 0 Å². The number of carbonyl (C=O) groups is 2. The van der Waals surface area contributed by atoms with Crippen molar-refractivity contribution in [3.8, 4) is 11.5 Å². The molecule has 0 aliphatic heterocycles. The smallest absolute Gasteiger partial charge is 0.308 e. The molecule has 35 heavy (non-hydrogen) atoms. The summed E-state index contributed by atoms with van der Waals surface area (Å²) in [5.41, 5.74) is 1.92. The molecule has 9 heteroatoms. The molecule has 0 aliphatic rings. The second-order valence-electron chi connectivity index (χ2n) is 7.72. The number of methoxy groups -OCH3 is 1. The number of pyridine rings is 1. The first-order chi connectivity index (χ1) is 17.0. The SMILES string of the molecule is COc1ccnc(C(=O)N[C@@H](C)c2nc(C(c3ccccc3)c3ccccc3)no2)c1OC(C)=O. The molecule has 4 rings (SSSR count). The summed E-state index contributed by atoms with van der Waals surface area (Å²) >= 11 is 0. The highest BCUT2D eigenvalue weighted by molar-refractivity contribution is 5.96. The maximum absolute atomic E-state index is 13.0. The number of benzene rings is 2. The number of nitrogens with one attached hydrogen (secondary N) is 1. The first kappa shape index (κ1) is 23.6. The van der Waals surface area contributed by atoms with Gasteiger partial charge in [0.05, 0.1) is 13.0 Å². The Hall–Kier alpha value is -4.53. The van der Waals surface area contributed by atoms with E-state index in [0.29, 0.717) is 5.82 Å². The highest BCUT2D eigenvalue weighted by Crippen LogP contribution is 2.32. The average Bonchev–Trinajstić information content (AvgIpc) is 3.35. The van der Waals surface area contributed by atoms with E-state index in [1.54, 1.807) is 6.92 Å². The zero-order chi connectivity index (χ0) is 24.8. The van der Waals surface area contributed by atoms with Crippen molar-refractivity contribution in [1.82, 2.24) is 20.4 Å². The molecule has 0 fully saturated rings. The lowest BCUT2D eigenvalue weighted by Gasteiger charge is -2.14. The first-order valence-electron chi connectivity index (χ1n) is 10.9. The molecule has 0 saturated carbocycles. The molecule has 0 spiro atoms. The normalized spacial score (nSPS) is 11.7. The summed E-state index contributed by atoms with van der Waals surface area (Å²) in [5, 5.41) is 6.98. The number of rotatable bonds is 8. The number of hydrogen-bond donors (Lipinski definition) is 1. The van der Waals surface area contributed by atoms with E-state index in [1.165, 1.54) is 26.3 Å². The molecule has 1 amide bonds. The summed E-state index contributed by atoms with van der Waals surface area (Å²) in [6, 6.07) is 20.6. The minimum Gasteiger partial charge on any atom is -0.493 e. The van der Waals surface area contributed by atoms with Crippen molar-refractivity contribution in [3.63, 3.8) is 0 Å². The lowest BCUT2D eigenvalue weighted by molar-refractivity contribution is -0.132. The molecule has 4 aromatic rings. The van der Waals surface area contributed by atoms with Crippen LogP contribution in [-0.2, 0) is 4.79 Å². The molecule has 1 atom stereocenters. The fraction of sp³-hybridized carbons (Fsp3) is 0.192. The lowest BCUT2D eigenvalue weighted by atomic mass is 9.91. The minimum atomic E-state index is -0.644. The van der Waals surface area contributed by atoms with Crippen molar-refractivity contribution in [1.29, 1.82) is 0 Å². The van der Waals surface area contributed by atoms with Crippen LogP contribution in [0.1, 0.15) is 59.1 Å². The zero-order valence-corrected chi connectivity index (χ0v) is 19.5. The molecule has 178 valence electrons. The highest BCUT2D eigenvalue weighted by atomic mass is 16.6. The number of esters is 1. The van der Waals surface area contributed by atoms with Gasteiger partial charge in [-0.2, -0.15) is 4.98 Å². The number of hydrogen-bond acceptors (Lipinski definition) is 8. The van der Waals surface area contributed by atoms with Crippen LogP contribution in [0.2, 0.25) is 0 Å². The molecule has 0 radical (unpaired) electrons. The third-order valence-electron chi connectivity index (χ3n) is 5.25. The minimum absolute atomic E-state index is 0.0633. The van der Waals surface area contributed by atoms with Gasteiger partial charge in [0.15, 0.2) is 17.3 Å². The maximum Gasteiger partial charge on any atom is 0.308 e. The van der Waals surface area contributed by atoms with Crippen LogP contribution in [0.5, 0.6) is 11.5 Å². The molecule has 0 saturated heterocycles. The largest absolute Gasteiger partial charge is 0.493 e. The van der Waals surface area contributed by atoms with E-state index >= 15 is 0 Å². The second kappa shape index (κ2) is 10.6. The Labute approximate surface area is 202 Å². The summed E-state index contributed by atoms with van der Waals surface area (Å²) in [7, 11) is 1.41. The molecule has 2 aromatic heterocycles. The van der Waals surface area contributed by atoms with Gasteiger partial charge in [0.25, 0.3) is 5.91 Å². The van der Waals surface area contributed by atoms with Gasteiger partial charge in [0.2, 0.25) is 11.6 Å². The predicted molar refractivity (Wildman–Crippen MR) is 126 cm³/mol. The second-order valence-corrected chi connectivity index (χ2v) is 7.72. The topological polar surface area (TPSA) is 116 Å². The number of amides is 1. The van der Waals surface area contributed by atoms with E-state index in [4.69, 9.17) is 14.0 Å². The van der Waals surface area contributed by atoms with Gasteiger partial charge >= 0.3 is 5.97 Å². The van der Waals surface area contributed by atoms with Gasteiger partial charge < -0.3 is 19.3 Å². The number of ether oxygens (including phenoxy) is 2. The third-order valence-corrected chi connectivity index (χ3v) is 5.25. The van der Waals surface area contributed by atoms with E-state index in [-0.39, 0.29) is 29.0 Å². The Bertz CT molecular complexity index is 1270. The first-order valence-corrected chi connectivity index (χ1v) is 10.9. The molecule has 9 nitrogen and oxygen atoms in total. The number of nitrogens with zero attached hydrogens (tertiary/aromatic N) is 3. The van der Waals surface area contributed by atoms with Crippen molar-refractivity contribution in [2.45, 2.75) is 25.8 Å². The Morgan fingerprint density at radius 3 is 2.17 bits per heavy atom. The maximum atomic E-state index is 13.0. The van der Waals surface area contributed by atoms with E-state index < -0.39 is 17.9 Å². The third kappa shape index (κ3) is 5.35. The fourth-order valence-corrected chi connectivity index (χ4v) is 3.64. The van der Waals surface area contributed by atoms with Crippen molar-refractivity contribution in [3.05, 3.63) is 101 Å². The average molecular weight is 473 g/mol. The zero-order valence-electron chi connectivity index (χ0n) is 19.5. The molecule has 0 unspecified atom stereocenters. The van der Waals surface area contributed by atoms with E-state index in [2.05, 4.69) is 20.4 Å². The molecule has 0 aliphatic carbocycles. The van der Waals surface area contributed by atoms with Crippen LogP contribution < -0.4 is 14.8 Å². The van der Waals surface area contributed by atoms with Crippen LogP contribution in [0.4, 0.5) is 0 Å². The van der Waals surface area contributed by atoms with Gasteiger partial charge in [-0.05, 0) is 18.1 Å². The quantitative estimate of drug-likeness (QED) is 0.382. The van der Waals surface area contributed by atoms with Crippen LogP contribution >= 0.6 is 0 Å². The molecule has 0 bridgehead atoms. The van der Waals surface area contributed by atoms with Gasteiger partial charge in [0, 0.05) is 19.2 Å². The lowest BCUT2D eigenvalue weighted by Crippen LogP contribution is -2.28. The van der Waals surface area contributed by atoms with E-state index in [0.717, 1.165) is 11.1 Å². The Morgan fingerprint density at radius 2 is 1.60 bits per heavy atom. The standard InChI is InChI=1S/C26H24N4O5/c1-16(28-25(32)22-23(34-17(2)31)20(33-3)14-15-27-22)26-29-24(30-35-26)21(18-10-6-4-7-11-18)19-12-8-5-9-13-19/h4-16,21H,1-3H3,(H,28,32)/t16-/m0/s1. The van der Waals surface area contributed by atoms with Gasteiger partial charge in [0.1, 0.15) is 6.04 Å². The summed E-state index contributed by atoms with van der Waals surface area (Å²) in [4.78, 5) is 33.2. The molecular weight excluding hydrogens is 448 g/mol. The highest BCUT2D eigenvalue weighted by Gasteiger charge is 2.27. The van der Waals surface area contributed by atoms with Crippen molar-refractivity contribution >= 4 is 11.9 Å². The van der Waals surface area contributed by atoms with Crippen LogP contribution in [0.3, 0.4) is 0 Å².